The number of hydrogen-bond donors (Lipinski definition) is 3. The number of fused-ring (bicyclic) bond motifs is 3. The lowest BCUT2D eigenvalue weighted by atomic mass is 9.85. The molecule has 0 aromatic heterocycles. The Balaban J connectivity index is 1.31. The van der Waals surface area contributed by atoms with Gasteiger partial charge in [-0.25, -0.2) is 4.79 Å². The molecule has 1 fully saturated rings. The topological polar surface area (TPSA) is 105 Å². The van der Waals surface area contributed by atoms with Crippen molar-refractivity contribution in [3.8, 4) is 11.1 Å². The lowest BCUT2D eigenvalue weighted by molar-refractivity contribution is -0.138. The Bertz CT molecular complexity index is 1010. The number of ether oxygens (including phenoxy) is 1. The first-order chi connectivity index (χ1) is 16.5. The third-order valence-electron chi connectivity index (χ3n) is 6.97. The second-order valence-corrected chi connectivity index (χ2v) is 9.24. The van der Waals surface area contributed by atoms with Crippen LogP contribution >= 0.6 is 0 Å². The summed E-state index contributed by atoms with van der Waals surface area (Å²) in [7, 11) is 0. The number of rotatable bonds is 8. The Labute approximate surface area is 199 Å². The highest BCUT2D eigenvalue weighted by Gasteiger charge is 2.31. The van der Waals surface area contributed by atoms with Gasteiger partial charge in [0.15, 0.2) is 0 Å². The molecule has 0 spiro atoms. The van der Waals surface area contributed by atoms with Crippen LogP contribution in [-0.4, -0.2) is 41.8 Å². The zero-order valence-corrected chi connectivity index (χ0v) is 19.5. The molecule has 2 amide bonds. The lowest BCUT2D eigenvalue weighted by Gasteiger charge is -2.30. The van der Waals surface area contributed by atoms with Gasteiger partial charge in [-0.05, 0) is 47.9 Å². The summed E-state index contributed by atoms with van der Waals surface area (Å²) in [6.45, 7) is 2.11. The van der Waals surface area contributed by atoms with E-state index in [1.54, 1.807) is 0 Å². The van der Waals surface area contributed by atoms with Crippen molar-refractivity contribution in [3.63, 3.8) is 0 Å². The first-order valence-electron chi connectivity index (χ1n) is 12.1. The summed E-state index contributed by atoms with van der Waals surface area (Å²) < 4.78 is 5.65. The lowest BCUT2D eigenvalue weighted by Crippen LogP contribution is -2.45. The first kappa shape index (κ1) is 23.8. The quantitative estimate of drug-likeness (QED) is 0.535. The van der Waals surface area contributed by atoms with Gasteiger partial charge in [0.2, 0.25) is 5.91 Å². The molecule has 0 heterocycles. The van der Waals surface area contributed by atoms with Crippen molar-refractivity contribution < 1.29 is 24.2 Å². The van der Waals surface area contributed by atoms with Gasteiger partial charge in [0, 0.05) is 23.9 Å². The van der Waals surface area contributed by atoms with Crippen LogP contribution in [0.4, 0.5) is 4.79 Å². The molecule has 2 aliphatic rings. The fraction of sp³-hybridized carbons (Fsp3) is 0.444. The molecule has 3 atom stereocenters. The minimum absolute atomic E-state index is 0.00300. The van der Waals surface area contributed by atoms with E-state index < -0.39 is 12.1 Å². The van der Waals surface area contributed by atoms with Gasteiger partial charge in [-0.3, -0.25) is 9.59 Å². The molecule has 7 nitrogen and oxygen atoms in total. The van der Waals surface area contributed by atoms with Gasteiger partial charge in [0.1, 0.15) is 6.61 Å². The van der Waals surface area contributed by atoms with Crippen LogP contribution in [0.5, 0.6) is 0 Å². The van der Waals surface area contributed by atoms with E-state index >= 15 is 0 Å². The average Bonchev–Trinajstić information content (AvgIpc) is 3.16. The molecule has 2 aromatic carbocycles. The third kappa shape index (κ3) is 5.41. The van der Waals surface area contributed by atoms with E-state index in [1.165, 1.54) is 11.1 Å². The number of alkyl carbamates (subject to hydrolysis) is 1. The van der Waals surface area contributed by atoms with Crippen molar-refractivity contribution in [2.45, 2.75) is 63.5 Å². The van der Waals surface area contributed by atoms with E-state index in [0.717, 1.165) is 30.4 Å². The molecule has 0 radical (unpaired) electrons. The number of carbonyl (C=O) groups is 3. The Kier molecular flexibility index (Phi) is 7.50. The maximum Gasteiger partial charge on any atom is 0.407 e. The van der Waals surface area contributed by atoms with E-state index in [0.29, 0.717) is 12.8 Å². The van der Waals surface area contributed by atoms with Gasteiger partial charge < -0.3 is 20.5 Å². The number of hydrogen-bond acceptors (Lipinski definition) is 4. The number of carboxylic acid groups (broad SMARTS) is 1. The Morgan fingerprint density at radius 1 is 1.03 bits per heavy atom. The fourth-order valence-corrected chi connectivity index (χ4v) is 5.19. The number of carboxylic acids is 1. The molecule has 2 aliphatic carbocycles. The smallest absolute Gasteiger partial charge is 0.407 e. The highest BCUT2D eigenvalue weighted by atomic mass is 16.5. The van der Waals surface area contributed by atoms with Crippen LogP contribution in [0, 0.1) is 5.92 Å². The standard InChI is InChI=1S/C27H32N2O5/c1-2-18(15-25(30)31)28-26(32)17-8-7-9-19(14-17)29-27(33)34-16-24-22-12-5-3-10-20(22)21-11-4-6-13-23(21)24/h3-6,10-13,17-19,24H,2,7-9,14-16H2,1H3,(H,28,32)(H,29,33)(H,30,31)/t17-,18+,19-/m1/s1. The number of aliphatic carboxylic acids is 1. The molecule has 7 heteroatoms. The van der Waals surface area contributed by atoms with Crippen molar-refractivity contribution in [3.05, 3.63) is 59.7 Å². The second kappa shape index (κ2) is 10.7. The summed E-state index contributed by atoms with van der Waals surface area (Å²) >= 11 is 0. The second-order valence-electron chi connectivity index (χ2n) is 9.24. The number of amides is 2. The van der Waals surface area contributed by atoms with Crippen molar-refractivity contribution in [1.82, 2.24) is 10.6 Å². The summed E-state index contributed by atoms with van der Waals surface area (Å²) in [5, 5.41) is 14.8. The number of nitrogens with one attached hydrogen (secondary N) is 2. The van der Waals surface area contributed by atoms with Crippen LogP contribution in [0.3, 0.4) is 0 Å². The molecule has 4 rings (SSSR count). The highest BCUT2D eigenvalue weighted by molar-refractivity contribution is 5.80. The largest absolute Gasteiger partial charge is 0.481 e. The van der Waals surface area contributed by atoms with Gasteiger partial charge in [0.05, 0.1) is 6.42 Å². The summed E-state index contributed by atoms with van der Waals surface area (Å²) in [6.07, 6.45) is 2.88. The van der Waals surface area contributed by atoms with E-state index in [1.807, 2.05) is 31.2 Å². The van der Waals surface area contributed by atoms with Crippen molar-refractivity contribution in [1.29, 1.82) is 0 Å². The van der Waals surface area contributed by atoms with Crippen molar-refractivity contribution in [2.24, 2.45) is 5.92 Å². The van der Waals surface area contributed by atoms with Crippen LogP contribution in [0.2, 0.25) is 0 Å². The molecule has 0 aliphatic heterocycles. The van der Waals surface area contributed by atoms with Gasteiger partial charge in [0.25, 0.3) is 0 Å². The molecule has 0 unspecified atom stereocenters. The molecular formula is C27H32N2O5. The van der Waals surface area contributed by atoms with Gasteiger partial charge in [-0.1, -0.05) is 61.9 Å². The van der Waals surface area contributed by atoms with E-state index in [4.69, 9.17) is 9.84 Å². The molecule has 3 N–H and O–H groups in total. The Hall–Kier alpha value is -3.35. The third-order valence-corrected chi connectivity index (χ3v) is 6.97. The van der Waals surface area contributed by atoms with E-state index in [-0.39, 0.29) is 42.9 Å². The van der Waals surface area contributed by atoms with Crippen LogP contribution in [0.25, 0.3) is 11.1 Å². The Morgan fingerprint density at radius 2 is 1.68 bits per heavy atom. The maximum atomic E-state index is 12.7. The van der Waals surface area contributed by atoms with Crippen LogP contribution in [-0.2, 0) is 14.3 Å². The molecule has 1 saturated carbocycles. The first-order valence-corrected chi connectivity index (χ1v) is 12.1. The van der Waals surface area contributed by atoms with E-state index in [9.17, 15) is 14.4 Å². The van der Waals surface area contributed by atoms with Crippen LogP contribution in [0.15, 0.2) is 48.5 Å². The SMILES string of the molecule is CC[C@@H](CC(=O)O)NC(=O)[C@@H]1CCC[C@@H](NC(=O)OCC2c3ccccc3-c3ccccc32)C1. The molecule has 0 bridgehead atoms. The number of benzene rings is 2. The number of carbonyl (C=O) groups excluding carboxylic acids is 2. The molecule has 34 heavy (non-hydrogen) atoms. The van der Waals surface area contributed by atoms with E-state index in [2.05, 4.69) is 34.9 Å². The highest BCUT2D eigenvalue weighted by Crippen LogP contribution is 2.44. The van der Waals surface area contributed by atoms with Gasteiger partial charge >= 0.3 is 12.1 Å². The average molecular weight is 465 g/mol. The minimum atomic E-state index is -0.925. The monoisotopic (exact) mass is 464 g/mol. The Morgan fingerprint density at radius 3 is 2.29 bits per heavy atom. The predicted octanol–water partition coefficient (Wildman–Crippen LogP) is 4.45. The zero-order chi connectivity index (χ0) is 24.1. The van der Waals surface area contributed by atoms with Crippen molar-refractivity contribution in [2.75, 3.05) is 6.61 Å². The van der Waals surface area contributed by atoms with Crippen LogP contribution < -0.4 is 10.6 Å². The normalized spacial score (nSPS) is 20.0. The molecule has 180 valence electrons. The molecule has 2 aromatic rings. The van der Waals surface area contributed by atoms with Gasteiger partial charge in [-0.15, -0.1) is 0 Å². The molecular weight excluding hydrogens is 432 g/mol. The summed E-state index contributed by atoms with van der Waals surface area (Å²) in [4.78, 5) is 36.3. The predicted molar refractivity (Wildman–Crippen MR) is 128 cm³/mol. The zero-order valence-electron chi connectivity index (χ0n) is 19.5. The van der Waals surface area contributed by atoms with Crippen LogP contribution in [0.1, 0.15) is 62.5 Å². The summed E-state index contributed by atoms with van der Waals surface area (Å²) in [5.74, 6) is -1.29. The van der Waals surface area contributed by atoms with Crippen molar-refractivity contribution >= 4 is 18.0 Å². The molecule has 0 saturated heterocycles. The summed E-state index contributed by atoms with van der Waals surface area (Å²) in [6, 6.07) is 15.9. The fourth-order valence-electron chi connectivity index (χ4n) is 5.19. The summed E-state index contributed by atoms with van der Waals surface area (Å²) in [5.41, 5.74) is 4.69. The minimum Gasteiger partial charge on any atom is -0.481 e. The maximum absolute atomic E-state index is 12.7. The van der Waals surface area contributed by atoms with Gasteiger partial charge in [-0.2, -0.15) is 0 Å².